The second-order valence-electron chi connectivity index (χ2n) is 14.4. The van der Waals surface area contributed by atoms with Gasteiger partial charge in [0.2, 0.25) is 0 Å². The number of carbonyl (C=O) groups is 2. The number of nitrogens with zero attached hydrogens (tertiary/aromatic N) is 1. The van der Waals surface area contributed by atoms with Gasteiger partial charge < -0.3 is 33.9 Å². The Bertz CT molecular complexity index is 1760. The van der Waals surface area contributed by atoms with Crippen molar-refractivity contribution in [3.05, 3.63) is 59.1 Å². The third kappa shape index (κ3) is 7.15. The first-order valence-corrected chi connectivity index (χ1v) is 19.2. The molecule has 2 aromatic rings. The Kier molecular flexibility index (Phi) is 9.70. The number of halogens is 1. The quantitative estimate of drug-likeness (QED) is 0.417. The number of anilines is 1. The van der Waals surface area contributed by atoms with Crippen LogP contribution in [-0.4, -0.2) is 84.3 Å². The van der Waals surface area contributed by atoms with E-state index in [-0.39, 0.29) is 29.4 Å². The molecule has 0 aromatic heterocycles. The van der Waals surface area contributed by atoms with E-state index in [4.69, 9.17) is 35.3 Å². The van der Waals surface area contributed by atoms with E-state index in [0.717, 1.165) is 31.2 Å². The summed E-state index contributed by atoms with van der Waals surface area (Å²) in [6.45, 7) is 6.11. The molecule has 0 radical (unpaired) electrons. The molecule has 4 atom stereocenters. The summed E-state index contributed by atoms with van der Waals surface area (Å²) in [7, 11) is -4.26. The molecule has 1 aliphatic carbocycles. The number of alkyl carbamates (subject to hydrolysis) is 1. The maximum atomic E-state index is 13.6. The number of sulfonamides is 1. The molecule has 2 fully saturated rings. The highest BCUT2D eigenvalue weighted by atomic mass is 35.5. The zero-order valence-electron chi connectivity index (χ0n) is 28.3. The third-order valence-corrected chi connectivity index (χ3v) is 12.3. The maximum absolute atomic E-state index is 13.6. The maximum Gasteiger partial charge on any atom is 0.407 e. The van der Waals surface area contributed by atoms with Crippen molar-refractivity contribution >= 4 is 39.3 Å². The van der Waals surface area contributed by atoms with Crippen LogP contribution < -0.4 is 24.4 Å². The molecule has 270 valence electrons. The van der Waals surface area contributed by atoms with Crippen LogP contribution in [0.25, 0.3) is 0 Å². The Morgan fingerprint density at radius 2 is 1.86 bits per heavy atom. The molecule has 2 bridgehead atoms. The van der Waals surface area contributed by atoms with Gasteiger partial charge in [0.1, 0.15) is 23.2 Å². The molecule has 5 aliphatic rings. The van der Waals surface area contributed by atoms with Crippen LogP contribution in [0.1, 0.15) is 51.5 Å². The molecule has 50 heavy (non-hydrogen) atoms. The van der Waals surface area contributed by atoms with Crippen molar-refractivity contribution in [1.29, 1.82) is 0 Å². The van der Waals surface area contributed by atoms with Crippen molar-refractivity contribution in [2.75, 3.05) is 51.0 Å². The molecule has 2 N–H and O–H groups in total. The molecule has 7 rings (SSSR count). The van der Waals surface area contributed by atoms with Crippen molar-refractivity contribution in [1.82, 2.24) is 10.0 Å². The number of ether oxygens (including phenoxy) is 5. The number of hydrogen-bond acceptors (Lipinski definition) is 10. The smallest absolute Gasteiger partial charge is 0.407 e. The molecule has 0 unspecified atom stereocenters. The molecule has 1 saturated heterocycles. The number of fused-ring (bicyclic) bond motifs is 4. The van der Waals surface area contributed by atoms with Gasteiger partial charge in [-0.1, -0.05) is 23.7 Å². The van der Waals surface area contributed by atoms with E-state index in [9.17, 15) is 18.0 Å². The van der Waals surface area contributed by atoms with Crippen molar-refractivity contribution in [3.8, 4) is 11.5 Å². The minimum absolute atomic E-state index is 0.00725. The lowest BCUT2D eigenvalue weighted by molar-refractivity contribution is -0.139. The normalized spacial score (nSPS) is 29.1. The highest BCUT2D eigenvalue weighted by Gasteiger charge is 2.46. The molecular formula is C36H44ClN3O9S. The van der Waals surface area contributed by atoms with Crippen LogP contribution in [0.5, 0.6) is 11.5 Å². The first-order chi connectivity index (χ1) is 23.9. The Morgan fingerprint density at radius 3 is 2.64 bits per heavy atom. The lowest BCUT2D eigenvalue weighted by atomic mass is 9.69. The van der Waals surface area contributed by atoms with Crippen LogP contribution >= 0.6 is 11.6 Å². The largest absolute Gasteiger partial charge is 0.493 e. The van der Waals surface area contributed by atoms with Crippen LogP contribution in [0.15, 0.2) is 53.4 Å². The number of nitrogens with one attached hydrogen (secondary N) is 2. The summed E-state index contributed by atoms with van der Waals surface area (Å²) in [6, 6.07) is 10.3. The van der Waals surface area contributed by atoms with Gasteiger partial charge in [0, 0.05) is 48.8 Å². The van der Waals surface area contributed by atoms with Crippen LogP contribution in [0.4, 0.5) is 10.5 Å². The van der Waals surface area contributed by atoms with E-state index in [2.05, 4.69) is 14.9 Å². The highest BCUT2D eigenvalue weighted by Crippen LogP contribution is 2.47. The Labute approximate surface area is 297 Å². The van der Waals surface area contributed by atoms with Crippen molar-refractivity contribution in [2.45, 2.75) is 74.0 Å². The van der Waals surface area contributed by atoms with Crippen LogP contribution in [0, 0.1) is 11.8 Å². The van der Waals surface area contributed by atoms with Gasteiger partial charge in [-0.25, -0.2) is 17.9 Å². The van der Waals surface area contributed by atoms with Gasteiger partial charge in [-0.2, -0.15) is 0 Å². The van der Waals surface area contributed by atoms with Gasteiger partial charge >= 0.3 is 6.09 Å². The summed E-state index contributed by atoms with van der Waals surface area (Å²) in [6.07, 6.45) is 6.40. The molecule has 2 aromatic carbocycles. The second kappa shape index (κ2) is 13.9. The lowest BCUT2D eigenvalue weighted by Crippen LogP contribution is -2.51. The SMILES string of the molecule is CC1(C)OCC=C[C@H](OC(=O)NC2CCOCC2)[C@@H]2CC[C@H]2CN2C[C@@]3(CCOc4cc(Cl)ccc43)COc3ccc(cc32)S(=O)(=O)NC1=O. The van der Waals surface area contributed by atoms with Gasteiger partial charge in [-0.15, -0.1) is 0 Å². The Morgan fingerprint density at radius 1 is 1.04 bits per heavy atom. The molecular weight excluding hydrogens is 686 g/mol. The van der Waals surface area contributed by atoms with Gasteiger partial charge in [-0.05, 0) is 88.3 Å². The molecule has 2 amide bonds. The zero-order valence-corrected chi connectivity index (χ0v) is 29.9. The summed E-state index contributed by atoms with van der Waals surface area (Å²) in [5, 5.41) is 3.58. The van der Waals surface area contributed by atoms with Crippen molar-refractivity contribution in [3.63, 3.8) is 0 Å². The number of benzene rings is 2. The molecule has 14 heteroatoms. The first kappa shape index (κ1) is 34.9. The van der Waals surface area contributed by atoms with Gasteiger partial charge in [0.25, 0.3) is 15.9 Å². The van der Waals surface area contributed by atoms with E-state index in [1.54, 1.807) is 18.2 Å². The highest BCUT2D eigenvalue weighted by molar-refractivity contribution is 7.90. The predicted molar refractivity (Wildman–Crippen MR) is 185 cm³/mol. The fourth-order valence-electron chi connectivity index (χ4n) is 7.56. The lowest BCUT2D eigenvalue weighted by Gasteiger charge is -2.45. The average Bonchev–Trinajstić information content (AvgIpc) is 3.21. The third-order valence-electron chi connectivity index (χ3n) is 10.7. The standard InChI is InChI=1S/C36H44ClN3O9S/c1-35(2)33(41)39-50(43,44)26-7-10-31-29(19-26)40(21-36(22-47-31)13-17-46-32-18-24(37)6-9-28(32)36)20-23-5-8-27(23)30(4-3-14-48-35)49-34(42)38-25-11-15-45-16-12-25/h3-4,6-7,9-10,18-19,23,25,27,30H,5,8,11-17,20-22H2,1-2H3,(H,38,42)(H,39,41)/t23-,27+,30-,36-/m0/s1. The fraction of sp³-hybridized carbons (Fsp3) is 0.556. The summed E-state index contributed by atoms with van der Waals surface area (Å²) in [5.74, 6) is 0.545. The molecule has 4 heterocycles. The van der Waals surface area contributed by atoms with Gasteiger partial charge in [0.15, 0.2) is 0 Å². The summed E-state index contributed by atoms with van der Waals surface area (Å²) >= 11 is 6.36. The molecule has 4 aliphatic heterocycles. The fourth-order valence-corrected chi connectivity index (χ4v) is 8.84. The number of carbonyl (C=O) groups excluding carboxylic acids is 2. The van der Waals surface area contributed by atoms with Crippen LogP contribution in [0.3, 0.4) is 0 Å². The topological polar surface area (TPSA) is 142 Å². The summed E-state index contributed by atoms with van der Waals surface area (Å²) in [5.41, 5.74) is -0.366. The Hall–Kier alpha value is -3.52. The van der Waals surface area contributed by atoms with Crippen molar-refractivity contribution in [2.24, 2.45) is 11.8 Å². The minimum atomic E-state index is -4.26. The van der Waals surface area contributed by atoms with Gasteiger partial charge in [-0.3, -0.25) is 4.79 Å². The number of rotatable bonds is 2. The minimum Gasteiger partial charge on any atom is -0.493 e. The van der Waals surface area contributed by atoms with E-state index < -0.39 is 39.1 Å². The predicted octanol–water partition coefficient (Wildman–Crippen LogP) is 4.73. The van der Waals surface area contributed by atoms with Crippen LogP contribution in [0.2, 0.25) is 5.02 Å². The zero-order chi connectivity index (χ0) is 35.1. The van der Waals surface area contributed by atoms with Crippen LogP contribution in [-0.2, 0) is 34.4 Å². The first-order valence-electron chi connectivity index (χ1n) is 17.3. The van der Waals surface area contributed by atoms with Crippen molar-refractivity contribution < 1.29 is 41.7 Å². The Balaban J connectivity index is 1.25. The number of amides is 2. The number of hydrogen-bond donors (Lipinski definition) is 2. The van der Waals surface area contributed by atoms with Gasteiger partial charge in [0.05, 0.1) is 35.8 Å². The molecule has 1 saturated carbocycles. The van der Waals surface area contributed by atoms with E-state index in [1.165, 1.54) is 19.9 Å². The van der Waals surface area contributed by atoms with E-state index in [1.807, 2.05) is 24.3 Å². The molecule has 1 spiro atoms. The van der Waals surface area contributed by atoms with E-state index >= 15 is 0 Å². The summed E-state index contributed by atoms with van der Waals surface area (Å²) < 4.78 is 59.4. The van der Waals surface area contributed by atoms with E-state index in [0.29, 0.717) is 68.1 Å². The summed E-state index contributed by atoms with van der Waals surface area (Å²) in [4.78, 5) is 28.6. The molecule has 12 nitrogen and oxygen atoms in total. The average molecular weight is 730 g/mol. The second-order valence-corrected chi connectivity index (χ2v) is 16.5. The monoisotopic (exact) mass is 729 g/mol.